The average molecular weight is 395 g/mol. The van der Waals surface area contributed by atoms with Crippen molar-refractivity contribution in [2.45, 2.75) is 19.8 Å². The summed E-state index contributed by atoms with van der Waals surface area (Å²) in [5, 5.41) is 3.14. The van der Waals surface area contributed by atoms with Gasteiger partial charge in [-0.05, 0) is 31.2 Å². The van der Waals surface area contributed by atoms with E-state index < -0.39 is 18.5 Å². The number of para-hydroxylation sites is 3. The lowest BCUT2D eigenvalue weighted by atomic mass is 10.2. The third-order valence-corrected chi connectivity index (χ3v) is 4.05. The molecule has 0 aliphatic carbocycles. The van der Waals surface area contributed by atoms with Gasteiger partial charge in [0.15, 0.2) is 6.61 Å². The quantitative estimate of drug-likeness (QED) is 0.567. The molecule has 8 nitrogen and oxygen atoms in total. The van der Waals surface area contributed by atoms with Crippen LogP contribution in [0.4, 0.5) is 5.69 Å². The van der Waals surface area contributed by atoms with Crippen molar-refractivity contribution in [1.29, 1.82) is 0 Å². The summed E-state index contributed by atoms with van der Waals surface area (Å²) in [6.07, 6.45) is 0.192. The summed E-state index contributed by atoms with van der Waals surface area (Å²) in [5.41, 5.74) is 0.812. The first-order valence-corrected chi connectivity index (χ1v) is 9.22. The molecule has 2 aromatic carbocycles. The lowest BCUT2D eigenvalue weighted by Crippen LogP contribution is -2.21. The number of aromatic nitrogens is 2. The van der Waals surface area contributed by atoms with Crippen LogP contribution >= 0.6 is 0 Å². The van der Waals surface area contributed by atoms with Gasteiger partial charge in [0.25, 0.3) is 11.5 Å². The lowest BCUT2D eigenvalue weighted by Gasteiger charge is -2.11. The van der Waals surface area contributed by atoms with E-state index >= 15 is 0 Å². The molecule has 0 saturated carbocycles. The van der Waals surface area contributed by atoms with Gasteiger partial charge in [0.05, 0.1) is 29.6 Å². The maximum absolute atomic E-state index is 12.0. The molecule has 29 heavy (non-hydrogen) atoms. The number of anilines is 1. The van der Waals surface area contributed by atoms with Crippen LogP contribution in [0.5, 0.6) is 5.75 Å². The molecule has 2 N–H and O–H groups in total. The monoisotopic (exact) mass is 395 g/mol. The van der Waals surface area contributed by atoms with Crippen LogP contribution in [0.15, 0.2) is 53.3 Å². The lowest BCUT2D eigenvalue weighted by molar-refractivity contribution is -0.147. The standard InChI is InChI=1S/C21H21N3O5/c1-2-28-17-10-6-5-9-16(17)23-19(25)13-29-20(26)12-11-18-22-15-8-4-3-7-14(15)21(27)24-18/h3-10H,2,11-13H2,1H3,(H,23,25)(H,22,24,27). The highest BCUT2D eigenvalue weighted by Gasteiger charge is 2.12. The SMILES string of the molecule is CCOc1ccccc1NC(=O)COC(=O)CCc1nc2ccccc2c(=O)[nH]1. The van der Waals surface area contributed by atoms with Gasteiger partial charge in [-0.3, -0.25) is 14.4 Å². The maximum Gasteiger partial charge on any atom is 0.306 e. The predicted octanol–water partition coefficient (Wildman–Crippen LogP) is 2.44. The van der Waals surface area contributed by atoms with Gasteiger partial charge in [0.1, 0.15) is 11.6 Å². The van der Waals surface area contributed by atoms with Crippen molar-refractivity contribution in [2.75, 3.05) is 18.5 Å². The molecule has 0 aliphatic heterocycles. The van der Waals surface area contributed by atoms with Crippen LogP contribution in [0.3, 0.4) is 0 Å². The maximum atomic E-state index is 12.0. The number of esters is 1. The Bertz CT molecular complexity index is 1080. The number of aryl methyl sites for hydroxylation is 1. The van der Waals surface area contributed by atoms with Gasteiger partial charge in [-0.1, -0.05) is 24.3 Å². The molecule has 0 fully saturated rings. The normalized spacial score (nSPS) is 10.5. The Balaban J connectivity index is 1.50. The number of ether oxygens (including phenoxy) is 2. The summed E-state index contributed by atoms with van der Waals surface area (Å²) in [4.78, 5) is 43.0. The van der Waals surface area contributed by atoms with E-state index in [1.54, 1.807) is 48.5 Å². The molecule has 0 radical (unpaired) electrons. The molecule has 1 heterocycles. The number of nitrogens with one attached hydrogen (secondary N) is 2. The number of rotatable bonds is 8. The summed E-state index contributed by atoms with van der Waals surface area (Å²) in [6, 6.07) is 14.0. The van der Waals surface area contributed by atoms with Crippen LogP contribution in [0.1, 0.15) is 19.2 Å². The highest BCUT2D eigenvalue weighted by atomic mass is 16.5. The van der Waals surface area contributed by atoms with Gasteiger partial charge < -0.3 is 19.8 Å². The van der Waals surface area contributed by atoms with E-state index in [-0.39, 0.29) is 18.4 Å². The zero-order valence-electron chi connectivity index (χ0n) is 15.9. The molecule has 0 saturated heterocycles. The van der Waals surface area contributed by atoms with E-state index in [1.807, 2.05) is 6.92 Å². The van der Waals surface area contributed by atoms with E-state index in [4.69, 9.17) is 9.47 Å². The van der Waals surface area contributed by atoms with Crippen molar-refractivity contribution in [1.82, 2.24) is 9.97 Å². The minimum absolute atomic E-state index is 0.00983. The van der Waals surface area contributed by atoms with E-state index in [0.29, 0.717) is 34.8 Å². The molecule has 150 valence electrons. The summed E-state index contributed by atoms with van der Waals surface area (Å²) in [5.74, 6) is -0.0986. The third-order valence-electron chi connectivity index (χ3n) is 4.05. The molecule has 0 atom stereocenters. The smallest absolute Gasteiger partial charge is 0.306 e. The van der Waals surface area contributed by atoms with E-state index in [2.05, 4.69) is 15.3 Å². The van der Waals surface area contributed by atoms with Gasteiger partial charge >= 0.3 is 5.97 Å². The van der Waals surface area contributed by atoms with Crippen LogP contribution in [0, 0.1) is 0 Å². The topological polar surface area (TPSA) is 110 Å². The van der Waals surface area contributed by atoms with Crippen molar-refractivity contribution in [3.05, 3.63) is 64.7 Å². The summed E-state index contributed by atoms with van der Waals surface area (Å²) < 4.78 is 10.4. The second-order valence-corrected chi connectivity index (χ2v) is 6.17. The summed E-state index contributed by atoms with van der Waals surface area (Å²) in [7, 11) is 0. The van der Waals surface area contributed by atoms with Crippen molar-refractivity contribution >= 4 is 28.5 Å². The predicted molar refractivity (Wildman–Crippen MR) is 108 cm³/mol. The minimum atomic E-state index is -0.561. The first-order valence-electron chi connectivity index (χ1n) is 9.22. The van der Waals surface area contributed by atoms with Crippen molar-refractivity contribution in [3.63, 3.8) is 0 Å². The van der Waals surface area contributed by atoms with Gasteiger partial charge in [-0.25, -0.2) is 4.98 Å². The molecule has 0 bridgehead atoms. The Morgan fingerprint density at radius 3 is 2.69 bits per heavy atom. The number of hydrogen-bond donors (Lipinski definition) is 2. The molecule has 0 aliphatic rings. The zero-order valence-corrected chi connectivity index (χ0v) is 15.9. The summed E-state index contributed by atoms with van der Waals surface area (Å²) in [6.45, 7) is 1.89. The molecule has 1 amide bonds. The number of amides is 1. The van der Waals surface area contributed by atoms with Crippen molar-refractivity contribution < 1.29 is 19.1 Å². The van der Waals surface area contributed by atoms with E-state index in [0.717, 1.165) is 0 Å². The van der Waals surface area contributed by atoms with Gasteiger partial charge in [0, 0.05) is 6.42 Å². The Hall–Kier alpha value is -3.68. The number of H-pyrrole nitrogens is 1. The second kappa shape index (κ2) is 9.50. The van der Waals surface area contributed by atoms with Crippen molar-refractivity contribution in [3.8, 4) is 5.75 Å². The minimum Gasteiger partial charge on any atom is -0.492 e. The molecular formula is C21H21N3O5. The van der Waals surface area contributed by atoms with Crippen LogP contribution in [0.2, 0.25) is 0 Å². The van der Waals surface area contributed by atoms with Crippen molar-refractivity contribution in [2.24, 2.45) is 0 Å². The van der Waals surface area contributed by atoms with Gasteiger partial charge in [-0.15, -0.1) is 0 Å². The number of carbonyl (C=O) groups excluding carboxylic acids is 2. The molecule has 3 rings (SSSR count). The van der Waals surface area contributed by atoms with Crippen LogP contribution < -0.4 is 15.6 Å². The molecule has 3 aromatic rings. The second-order valence-electron chi connectivity index (χ2n) is 6.17. The molecule has 0 spiro atoms. The van der Waals surface area contributed by atoms with E-state index in [9.17, 15) is 14.4 Å². The third kappa shape index (κ3) is 5.41. The van der Waals surface area contributed by atoms with Crippen LogP contribution in [-0.4, -0.2) is 35.1 Å². The number of aromatic amines is 1. The van der Waals surface area contributed by atoms with Crippen LogP contribution in [0.25, 0.3) is 10.9 Å². The number of hydrogen-bond acceptors (Lipinski definition) is 6. The number of benzene rings is 2. The van der Waals surface area contributed by atoms with Gasteiger partial charge in [-0.2, -0.15) is 0 Å². The number of nitrogens with zero attached hydrogens (tertiary/aromatic N) is 1. The molecular weight excluding hydrogens is 374 g/mol. The Morgan fingerprint density at radius 2 is 1.86 bits per heavy atom. The average Bonchev–Trinajstić information content (AvgIpc) is 2.72. The fourth-order valence-corrected chi connectivity index (χ4v) is 2.73. The number of fused-ring (bicyclic) bond motifs is 1. The zero-order chi connectivity index (χ0) is 20.6. The largest absolute Gasteiger partial charge is 0.492 e. The highest BCUT2D eigenvalue weighted by Crippen LogP contribution is 2.23. The van der Waals surface area contributed by atoms with E-state index in [1.165, 1.54) is 0 Å². The first-order chi connectivity index (χ1) is 14.1. The Labute approximate surface area is 166 Å². The van der Waals surface area contributed by atoms with Gasteiger partial charge in [0.2, 0.25) is 0 Å². The fourth-order valence-electron chi connectivity index (χ4n) is 2.73. The summed E-state index contributed by atoms with van der Waals surface area (Å²) >= 11 is 0. The number of carbonyl (C=O) groups is 2. The van der Waals surface area contributed by atoms with Crippen LogP contribution in [-0.2, 0) is 20.7 Å². The fraction of sp³-hybridized carbons (Fsp3) is 0.238. The molecule has 8 heteroatoms. The Morgan fingerprint density at radius 1 is 1.10 bits per heavy atom. The first kappa shape index (κ1) is 20.1. The Kier molecular flexibility index (Phi) is 6.57. The molecule has 0 unspecified atom stereocenters. The highest BCUT2D eigenvalue weighted by molar-refractivity contribution is 5.94. The molecule has 1 aromatic heterocycles.